The summed E-state index contributed by atoms with van der Waals surface area (Å²) in [6, 6.07) is 3.54. The molecular formula is C14H14ClNO3. The molecule has 0 saturated heterocycles. The number of halogens is 1. The topological polar surface area (TPSA) is 47.9 Å². The quantitative estimate of drug-likeness (QED) is 0.614. The Kier molecular flexibility index (Phi) is 3.00. The lowest BCUT2D eigenvalue weighted by Crippen LogP contribution is -2.09. The Balaban J connectivity index is 2.09. The van der Waals surface area contributed by atoms with E-state index in [2.05, 4.69) is 4.99 Å². The molecule has 4 nitrogen and oxygen atoms in total. The molecule has 5 heteroatoms. The lowest BCUT2D eigenvalue weighted by molar-refractivity contribution is 0.276. The minimum atomic E-state index is -0.510. The maximum Gasteiger partial charge on any atom is 0.235 e. The Bertz CT molecular complexity index is 558. The van der Waals surface area contributed by atoms with Crippen LogP contribution in [0.15, 0.2) is 17.1 Å². The number of benzene rings is 1. The molecule has 1 aromatic carbocycles. The average molecular weight is 280 g/mol. The van der Waals surface area contributed by atoms with Gasteiger partial charge in [0, 0.05) is 16.7 Å². The zero-order valence-electron chi connectivity index (χ0n) is 10.6. The van der Waals surface area contributed by atoms with E-state index in [-0.39, 0.29) is 6.10 Å². The molecule has 0 bridgehead atoms. The molecular weight excluding hydrogens is 266 g/mol. The fourth-order valence-corrected chi connectivity index (χ4v) is 2.40. The number of isocyanates is 1. The predicted octanol–water partition coefficient (Wildman–Crippen LogP) is 3.21. The molecule has 2 fully saturated rings. The van der Waals surface area contributed by atoms with E-state index in [4.69, 9.17) is 21.1 Å². The number of nitrogens with zero attached hydrogens (tertiary/aromatic N) is 1. The number of hydrogen-bond donors (Lipinski definition) is 0. The lowest BCUT2D eigenvalue weighted by Gasteiger charge is -2.18. The van der Waals surface area contributed by atoms with Gasteiger partial charge < -0.3 is 9.47 Å². The average Bonchev–Trinajstić information content (AvgIpc) is 3.27. The molecule has 0 N–H and O–H groups in total. The van der Waals surface area contributed by atoms with Gasteiger partial charge in [-0.1, -0.05) is 11.6 Å². The van der Waals surface area contributed by atoms with E-state index < -0.39 is 5.54 Å². The third-order valence-electron chi connectivity index (χ3n) is 3.53. The highest BCUT2D eigenvalue weighted by atomic mass is 35.5. The van der Waals surface area contributed by atoms with Crippen LogP contribution < -0.4 is 9.47 Å². The van der Waals surface area contributed by atoms with Crippen molar-refractivity contribution in [2.24, 2.45) is 4.99 Å². The molecule has 2 aliphatic carbocycles. The summed E-state index contributed by atoms with van der Waals surface area (Å²) in [6.07, 6.45) is 5.62. The normalized spacial score (nSPS) is 19.5. The molecule has 0 heterocycles. The minimum absolute atomic E-state index is 0.241. The van der Waals surface area contributed by atoms with E-state index in [0.29, 0.717) is 16.5 Å². The monoisotopic (exact) mass is 279 g/mol. The van der Waals surface area contributed by atoms with Gasteiger partial charge >= 0.3 is 0 Å². The number of aliphatic imine (C=N–C) groups is 1. The number of hydrogen-bond acceptors (Lipinski definition) is 4. The van der Waals surface area contributed by atoms with Crippen molar-refractivity contribution in [2.75, 3.05) is 7.11 Å². The molecule has 3 rings (SSSR count). The third kappa shape index (κ3) is 2.34. The zero-order valence-corrected chi connectivity index (χ0v) is 11.4. The second kappa shape index (κ2) is 4.55. The highest BCUT2D eigenvalue weighted by Gasteiger charge is 2.48. The predicted molar refractivity (Wildman–Crippen MR) is 70.7 cm³/mol. The molecule has 2 saturated carbocycles. The summed E-state index contributed by atoms with van der Waals surface area (Å²) in [6.45, 7) is 0. The van der Waals surface area contributed by atoms with Crippen molar-refractivity contribution in [3.63, 3.8) is 0 Å². The molecule has 0 unspecified atom stereocenters. The second-order valence-corrected chi connectivity index (χ2v) is 5.47. The first-order chi connectivity index (χ1) is 9.18. The molecule has 1 aromatic rings. The van der Waals surface area contributed by atoms with E-state index in [9.17, 15) is 4.79 Å². The van der Waals surface area contributed by atoms with Crippen molar-refractivity contribution >= 4 is 17.7 Å². The first-order valence-electron chi connectivity index (χ1n) is 6.32. The highest BCUT2D eigenvalue weighted by Crippen LogP contribution is 2.55. The molecule has 0 spiro atoms. The van der Waals surface area contributed by atoms with Gasteiger partial charge in [0.2, 0.25) is 6.08 Å². The summed E-state index contributed by atoms with van der Waals surface area (Å²) in [5, 5.41) is 0.558. The smallest absolute Gasteiger partial charge is 0.235 e. The number of rotatable bonds is 5. The van der Waals surface area contributed by atoms with Crippen molar-refractivity contribution in [3.8, 4) is 11.5 Å². The van der Waals surface area contributed by atoms with Crippen LogP contribution in [-0.4, -0.2) is 19.3 Å². The number of ether oxygens (including phenoxy) is 2. The third-order valence-corrected chi connectivity index (χ3v) is 3.75. The van der Waals surface area contributed by atoms with Gasteiger partial charge in [-0.2, -0.15) is 4.99 Å². The largest absolute Gasteiger partial charge is 0.493 e. The summed E-state index contributed by atoms with van der Waals surface area (Å²) in [4.78, 5) is 14.6. The molecule has 0 radical (unpaired) electrons. The standard InChI is InChI=1S/C14H14ClNO3/c1-18-12-7-9(15)6-11(13(12)19-10-2-3-10)14(4-5-14)16-8-17/h6-7,10H,2-5H2,1H3. The van der Waals surface area contributed by atoms with Gasteiger partial charge in [-0.15, -0.1) is 0 Å². The van der Waals surface area contributed by atoms with Gasteiger partial charge in [0.05, 0.1) is 13.2 Å². The summed E-state index contributed by atoms with van der Waals surface area (Å²) in [7, 11) is 1.58. The van der Waals surface area contributed by atoms with Crippen molar-refractivity contribution < 1.29 is 14.3 Å². The van der Waals surface area contributed by atoms with Crippen molar-refractivity contribution in [2.45, 2.75) is 37.3 Å². The minimum Gasteiger partial charge on any atom is -0.493 e. The Morgan fingerprint density at radius 1 is 1.42 bits per heavy atom. The van der Waals surface area contributed by atoms with Gasteiger partial charge in [-0.05, 0) is 31.7 Å². The SMILES string of the molecule is COc1cc(Cl)cc(C2(N=C=O)CC2)c1OC1CC1. The first kappa shape index (κ1) is 12.5. The van der Waals surface area contributed by atoms with Crippen LogP contribution in [0.1, 0.15) is 31.2 Å². The van der Waals surface area contributed by atoms with Crippen molar-refractivity contribution in [3.05, 3.63) is 22.7 Å². The fraction of sp³-hybridized carbons (Fsp3) is 0.500. The van der Waals surface area contributed by atoms with Crippen LogP contribution in [-0.2, 0) is 10.3 Å². The number of carbonyl (C=O) groups excluding carboxylic acids is 1. The van der Waals surface area contributed by atoms with Crippen LogP contribution in [0.25, 0.3) is 0 Å². The summed E-state index contributed by atoms with van der Waals surface area (Å²) in [5.74, 6) is 1.27. The summed E-state index contributed by atoms with van der Waals surface area (Å²) < 4.78 is 11.3. The molecule has 19 heavy (non-hydrogen) atoms. The van der Waals surface area contributed by atoms with Crippen LogP contribution >= 0.6 is 11.6 Å². The molecule has 100 valence electrons. The molecule has 0 aliphatic heterocycles. The molecule has 0 aromatic heterocycles. The van der Waals surface area contributed by atoms with E-state index in [0.717, 1.165) is 31.2 Å². The maximum atomic E-state index is 10.6. The van der Waals surface area contributed by atoms with E-state index in [1.54, 1.807) is 19.3 Å². The van der Waals surface area contributed by atoms with Crippen LogP contribution in [0.3, 0.4) is 0 Å². The first-order valence-corrected chi connectivity index (χ1v) is 6.70. The van der Waals surface area contributed by atoms with Gasteiger partial charge in [0.15, 0.2) is 11.5 Å². The van der Waals surface area contributed by atoms with Gasteiger partial charge in [0.1, 0.15) is 5.54 Å². The van der Waals surface area contributed by atoms with Crippen LogP contribution in [0.4, 0.5) is 0 Å². The molecule has 0 atom stereocenters. The Morgan fingerprint density at radius 2 is 2.16 bits per heavy atom. The van der Waals surface area contributed by atoms with Crippen LogP contribution in [0.2, 0.25) is 5.02 Å². The lowest BCUT2D eigenvalue weighted by atomic mass is 10.0. The maximum absolute atomic E-state index is 10.6. The van der Waals surface area contributed by atoms with E-state index in [1.807, 2.05) is 6.07 Å². The van der Waals surface area contributed by atoms with Crippen LogP contribution in [0, 0.1) is 0 Å². The van der Waals surface area contributed by atoms with E-state index in [1.165, 1.54) is 0 Å². The molecule has 0 amide bonds. The van der Waals surface area contributed by atoms with Gasteiger partial charge in [-0.3, -0.25) is 0 Å². The Hall–Kier alpha value is -1.51. The number of methoxy groups -OCH3 is 1. The zero-order chi connectivity index (χ0) is 13.5. The van der Waals surface area contributed by atoms with Gasteiger partial charge in [0.25, 0.3) is 0 Å². The van der Waals surface area contributed by atoms with Crippen molar-refractivity contribution in [1.82, 2.24) is 0 Å². The summed E-state index contributed by atoms with van der Waals surface area (Å²) >= 11 is 6.11. The second-order valence-electron chi connectivity index (χ2n) is 5.04. The molecule has 2 aliphatic rings. The fourth-order valence-electron chi connectivity index (χ4n) is 2.19. The summed E-state index contributed by atoms with van der Waals surface area (Å²) in [5.41, 5.74) is 0.330. The Labute approximate surface area is 116 Å². The van der Waals surface area contributed by atoms with Gasteiger partial charge in [-0.25, -0.2) is 4.79 Å². The highest BCUT2D eigenvalue weighted by molar-refractivity contribution is 6.30. The van der Waals surface area contributed by atoms with Crippen molar-refractivity contribution in [1.29, 1.82) is 0 Å². The van der Waals surface area contributed by atoms with Crippen LogP contribution in [0.5, 0.6) is 11.5 Å². The Morgan fingerprint density at radius 3 is 2.68 bits per heavy atom. The van der Waals surface area contributed by atoms with E-state index >= 15 is 0 Å².